The maximum Gasteiger partial charge on any atom is 0.296 e. The molecule has 5 rings (SSSR count). The van der Waals surface area contributed by atoms with Crippen molar-refractivity contribution in [2.24, 2.45) is 0 Å². The number of nitro benzene ring substituents is 1. The van der Waals surface area contributed by atoms with Crippen molar-refractivity contribution in [3.8, 4) is 17.1 Å². The van der Waals surface area contributed by atoms with E-state index < -0.39 is 10.5 Å². The molecule has 5 aromatic rings. The molecule has 0 unspecified atom stereocenters. The third-order valence-corrected chi connectivity index (χ3v) is 6.01. The first-order valence-electron chi connectivity index (χ1n) is 10.1. The highest BCUT2D eigenvalue weighted by Crippen LogP contribution is 2.30. The molecule has 35 heavy (non-hydrogen) atoms. The number of fused-ring (bicyclic) bond motifs is 1. The molecule has 2 heterocycles. The Morgan fingerprint density at radius 3 is 2.23 bits per heavy atom. The Bertz CT molecular complexity index is 1650. The Kier molecular flexibility index (Phi) is 5.98. The van der Waals surface area contributed by atoms with E-state index in [1.54, 1.807) is 42.5 Å². The highest BCUT2D eigenvalue weighted by atomic mass is 35.5. The number of hydrogen-bond donors (Lipinski definition) is 0. The van der Waals surface area contributed by atoms with Crippen LogP contribution >= 0.6 is 34.8 Å². The van der Waals surface area contributed by atoms with Gasteiger partial charge in [0.15, 0.2) is 5.82 Å². The molecule has 0 N–H and O–H groups in total. The van der Waals surface area contributed by atoms with Gasteiger partial charge in [-0.05, 0) is 48.0 Å². The molecular weight excluding hydrogens is 515 g/mol. The summed E-state index contributed by atoms with van der Waals surface area (Å²) in [4.78, 5) is 27.7. The summed E-state index contributed by atoms with van der Waals surface area (Å²) in [6, 6.07) is 17.7. The molecule has 2 aromatic heterocycles. The van der Waals surface area contributed by atoms with Crippen molar-refractivity contribution in [2.45, 2.75) is 6.42 Å². The molecule has 0 aliphatic rings. The predicted octanol–water partition coefficient (Wildman–Crippen LogP) is 5.40. The van der Waals surface area contributed by atoms with Gasteiger partial charge in [-0.1, -0.05) is 46.9 Å². The van der Waals surface area contributed by atoms with Crippen LogP contribution in [0.1, 0.15) is 11.3 Å². The number of rotatable bonds is 5. The molecule has 174 valence electrons. The van der Waals surface area contributed by atoms with E-state index in [9.17, 15) is 14.9 Å². The molecule has 9 nitrogen and oxygen atoms in total. The summed E-state index contributed by atoms with van der Waals surface area (Å²) in [7, 11) is 0. The van der Waals surface area contributed by atoms with Crippen molar-refractivity contribution < 1.29 is 4.92 Å². The van der Waals surface area contributed by atoms with Crippen molar-refractivity contribution in [3.63, 3.8) is 0 Å². The Morgan fingerprint density at radius 1 is 0.886 bits per heavy atom. The second-order valence-electron chi connectivity index (χ2n) is 7.51. The second-order valence-corrected chi connectivity index (χ2v) is 8.79. The second kappa shape index (κ2) is 9.10. The number of non-ortho nitro benzene ring substituents is 1. The van der Waals surface area contributed by atoms with Gasteiger partial charge in [0.05, 0.1) is 15.6 Å². The van der Waals surface area contributed by atoms with Crippen molar-refractivity contribution in [1.29, 1.82) is 0 Å². The van der Waals surface area contributed by atoms with E-state index in [1.807, 2.05) is 0 Å². The lowest BCUT2D eigenvalue weighted by molar-refractivity contribution is -0.384. The third kappa shape index (κ3) is 4.49. The minimum absolute atomic E-state index is 0.0836. The average molecular weight is 528 g/mol. The number of halogens is 3. The molecule has 0 saturated heterocycles. The molecule has 0 radical (unpaired) electrons. The minimum atomic E-state index is -0.531. The van der Waals surface area contributed by atoms with Crippen LogP contribution in [0.3, 0.4) is 0 Å². The summed E-state index contributed by atoms with van der Waals surface area (Å²) in [6.07, 6.45) is 0.225. The lowest BCUT2D eigenvalue weighted by Gasteiger charge is -2.05. The van der Waals surface area contributed by atoms with Gasteiger partial charge in [0, 0.05) is 34.2 Å². The zero-order valence-electron chi connectivity index (χ0n) is 17.6. The molecule has 0 atom stereocenters. The first-order valence-corrected chi connectivity index (χ1v) is 11.3. The topological polar surface area (TPSA) is 108 Å². The highest BCUT2D eigenvalue weighted by molar-refractivity contribution is 6.36. The average Bonchev–Trinajstić information content (AvgIpc) is 3.18. The molecule has 0 amide bonds. The van der Waals surface area contributed by atoms with Crippen LogP contribution < -0.4 is 5.56 Å². The minimum Gasteiger partial charge on any atom is -0.265 e. The fourth-order valence-corrected chi connectivity index (χ4v) is 4.12. The van der Waals surface area contributed by atoms with Gasteiger partial charge in [-0.15, -0.1) is 5.10 Å². The third-order valence-electron chi connectivity index (χ3n) is 5.21. The van der Waals surface area contributed by atoms with E-state index in [2.05, 4.69) is 15.2 Å². The number of benzene rings is 3. The molecule has 0 bridgehead atoms. The van der Waals surface area contributed by atoms with Gasteiger partial charge < -0.3 is 0 Å². The Morgan fingerprint density at radius 2 is 1.57 bits per heavy atom. The van der Waals surface area contributed by atoms with Crippen LogP contribution in [0.2, 0.25) is 15.1 Å². The van der Waals surface area contributed by atoms with Crippen molar-refractivity contribution in [1.82, 2.24) is 24.4 Å². The predicted molar refractivity (Wildman–Crippen MR) is 133 cm³/mol. The smallest absolute Gasteiger partial charge is 0.265 e. The lowest BCUT2D eigenvalue weighted by atomic mass is 10.1. The molecule has 0 aliphatic heterocycles. The quantitative estimate of drug-likeness (QED) is 0.224. The van der Waals surface area contributed by atoms with Crippen LogP contribution in [0.25, 0.3) is 22.9 Å². The van der Waals surface area contributed by atoms with Crippen LogP contribution in [0, 0.1) is 10.1 Å². The zero-order chi connectivity index (χ0) is 24.7. The summed E-state index contributed by atoms with van der Waals surface area (Å²) in [5.41, 5.74) is 1.37. The van der Waals surface area contributed by atoms with Gasteiger partial charge in [-0.2, -0.15) is 19.3 Å². The SMILES string of the molecule is O=c1nc2n(-c3ccc([N+](=O)[O-])cc3)nc(-c3ccc(Cl)cc3Cl)n2nc1Cc1ccc(Cl)cc1. The summed E-state index contributed by atoms with van der Waals surface area (Å²) < 4.78 is 2.80. The van der Waals surface area contributed by atoms with Gasteiger partial charge in [-0.25, -0.2) is 0 Å². The van der Waals surface area contributed by atoms with E-state index in [0.717, 1.165) is 5.56 Å². The van der Waals surface area contributed by atoms with Gasteiger partial charge in [0.2, 0.25) is 0 Å². The molecule has 0 saturated carbocycles. The van der Waals surface area contributed by atoms with Gasteiger partial charge in [-0.3, -0.25) is 14.9 Å². The Labute approximate surface area is 212 Å². The van der Waals surface area contributed by atoms with Crippen molar-refractivity contribution in [2.75, 3.05) is 0 Å². The van der Waals surface area contributed by atoms with Crippen LogP contribution in [-0.2, 0) is 6.42 Å². The normalized spacial score (nSPS) is 11.2. The Balaban J connectivity index is 1.72. The molecule has 12 heteroatoms. The maximum absolute atomic E-state index is 12.9. The highest BCUT2D eigenvalue weighted by Gasteiger charge is 2.20. The van der Waals surface area contributed by atoms with Crippen LogP contribution in [0.5, 0.6) is 0 Å². The van der Waals surface area contributed by atoms with E-state index in [-0.39, 0.29) is 23.6 Å². The fourth-order valence-electron chi connectivity index (χ4n) is 3.51. The van der Waals surface area contributed by atoms with Crippen LogP contribution in [0.15, 0.2) is 71.5 Å². The molecule has 3 aromatic carbocycles. The molecule has 0 aliphatic carbocycles. The van der Waals surface area contributed by atoms with Crippen molar-refractivity contribution in [3.05, 3.63) is 114 Å². The molecule has 0 fully saturated rings. The van der Waals surface area contributed by atoms with E-state index in [4.69, 9.17) is 34.8 Å². The lowest BCUT2D eigenvalue weighted by Crippen LogP contribution is -2.20. The largest absolute Gasteiger partial charge is 0.296 e. The van der Waals surface area contributed by atoms with Crippen LogP contribution in [0.4, 0.5) is 5.69 Å². The summed E-state index contributed by atoms with van der Waals surface area (Å²) >= 11 is 18.5. The fraction of sp³-hybridized carbons (Fsp3) is 0.0435. The van der Waals surface area contributed by atoms with Crippen LogP contribution in [-0.4, -0.2) is 29.3 Å². The first kappa shape index (κ1) is 23.0. The Hall–Kier alpha value is -3.79. The standard InChI is InChI=1S/C23H13Cl3N6O3/c24-14-3-1-13(2-4-14)11-20-22(33)27-23-30(16-6-8-17(9-7-16)32(34)35)29-21(31(23)28-20)18-10-5-15(25)12-19(18)26/h1-10,12H,11H2. The summed E-state index contributed by atoms with van der Waals surface area (Å²) in [5, 5.41) is 21.5. The number of nitro groups is 1. The molecular formula is C23H13Cl3N6O3. The molecule has 0 spiro atoms. The van der Waals surface area contributed by atoms with Gasteiger partial charge >= 0.3 is 0 Å². The zero-order valence-corrected chi connectivity index (χ0v) is 19.9. The van der Waals surface area contributed by atoms with E-state index >= 15 is 0 Å². The van der Waals surface area contributed by atoms with E-state index in [0.29, 0.717) is 32.1 Å². The number of aromatic nitrogens is 5. The summed E-state index contributed by atoms with van der Waals surface area (Å²) in [5.74, 6) is 0.426. The van der Waals surface area contributed by atoms with Crippen molar-refractivity contribution >= 4 is 46.3 Å². The summed E-state index contributed by atoms with van der Waals surface area (Å²) in [6.45, 7) is 0. The van der Waals surface area contributed by atoms with Gasteiger partial charge in [0.25, 0.3) is 17.0 Å². The first-order chi connectivity index (χ1) is 16.8. The van der Waals surface area contributed by atoms with Gasteiger partial charge in [0.1, 0.15) is 5.69 Å². The number of nitrogens with zero attached hydrogens (tertiary/aromatic N) is 6. The maximum atomic E-state index is 12.9. The van der Waals surface area contributed by atoms with E-state index in [1.165, 1.54) is 33.5 Å². The number of hydrogen-bond acceptors (Lipinski definition) is 6. The monoisotopic (exact) mass is 526 g/mol.